The average Bonchev–Trinajstić information content (AvgIpc) is 2.27. The van der Waals surface area contributed by atoms with Crippen LogP contribution in [0.5, 0.6) is 0 Å². The zero-order chi connectivity index (χ0) is 13.4. The topological polar surface area (TPSA) is 18.5 Å². The summed E-state index contributed by atoms with van der Waals surface area (Å²) in [5.41, 5.74) is 2.93. The Morgan fingerprint density at radius 1 is 1.33 bits per heavy atom. The van der Waals surface area contributed by atoms with Crippen LogP contribution in [0.15, 0.2) is 23.5 Å². The smallest absolute Gasteiger partial charge is 0.192 e. The second-order valence-electron chi connectivity index (χ2n) is 6.99. The van der Waals surface area contributed by atoms with E-state index in [1.165, 1.54) is 11.1 Å². The Kier molecular flexibility index (Phi) is 3.74. The van der Waals surface area contributed by atoms with E-state index in [0.717, 1.165) is 25.9 Å². The Labute approximate surface area is 112 Å². The molecular formula is C15H26O2Si. The molecule has 0 aromatic heterocycles. The molecule has 0 amide bonds. The van der Waals surface area contributed by atoms with Crippen molar-refractivity contribution in [3.63, 3.8) is 0 Å². The van der Waals surface area contributed by atoms with Crippen molar-refractivity contribution in [2.45, 2.75) is 64.3 Å². The third-order valence-electron chi connectivity index (χ3n) is 4.56. The summed E-state index contributed by atoms with van der Waals surface area (Å²) in [6.45, 7) is 12.4. The standard InChI is InChI=1S/C15H26O2Si/c1-15(2,3)18(4,5)17-14-7-6-13-11-16-9-8-12(13)10-14/h8-9,14H,6-7,10-11H2,1-5H3/t14-/m0/s1. The van der Waals surface area contributed by atoms with Crippen LogP contribution in [0.2, 0.25) is 18.1 Å². The Bertz CT molecular complexity index is 374. The maximum Gasteiger partial charge on any atom is 0.192 e. The molecule has 1 aliphatic carbocycles. The van der Waals surface area contributed by atoms with Gasteiger partial charge in [-0.1, -0.05) is 20.8 Å². The van der Waals surface area contributed by atoms with Crippen molar-refractivity contribution in [3.8, 4) is 0 Å². The van der Waals surface area contributed by atoms with E-state index >= 15 is 0 Å². The number of ether oxygens (including phenoxy) is 1. The summed E-state index contributed by atoms with van der Waals surface area (Å²) in [5, 5.41) is 0.299. The lowest BCUT2D eigenvalue weighted by Gasteiger charge is -2.41. The summed E-state index contributed by atoms with van der Waals surface area (Å²) in [5.74, 6) is 0. The highest BCUT2D eigenvalue weighted by atomic mass is 28.4. The molecular weight excluding hydrogens is 240 g/mol. The Balaban J connectivity index is 2.02. The minimum absolute atomic E-state index is 0.299. The van der Waals surface area contributed by atoms with Gasteiger partial charge in [-0.2, -0.15) is 0 Å². The van der Waals surface area contributed by atoms with Crippen LogP contribution in [0.25, 0.3) is 0 Å². The molecule has 0 aromatic rings. The van der Waals surface area contributed by atoms with Crippen LogP contribution in [0, 0.1) is 0 Å². The van der Waals surface area contributed by atoms with E-state index in [4.69, 9.17) is 9.16 Å². The molecule has 0 fully saturated rings. The van der Waals surface area contributed by atoms with E-state index in [-0.39, 0.29) is 0 Å². The Morgan fingerprint density at radius 3 is 2.72 bits per heavy atom. The largest absolute Gasteiger partial charge is 0.497 e. The second kappa shape index (κ2) is 4.86. The molecule has 18 heavy (non-hydrogen) atoms. The summed E-state index contributed by atoms with van der Waals surface area (Å²) >= 11 is 0. The molecule has 0 saturated carbocycles. The van der Waals surface area contributed by atoms with Crippen LogP contribution in [-0.2, 0) is 9.16 Å². The minimum atomic E-state index is -1.63. The molecule has 2 aliphatic rings. The van der Waals surface area contributed by atoms with Gasteiger partial charge in [0.1, 0.15) is 6.61 Å². The molecule has 1 atom stereocenters. The lowest BCUT2D eigenvalue weighted by atomic mass is 9.89. The van der Waals surface area contributed by atoms with Crippen molar-refractivity contribution in [1.82, 2.24) is 0 Å². The summed E-state index contributed by atoms with van der Waals surface area (Å²) in [6, 6.07) is 0. The van der Waals surface area contributed by atoms with Crippen LogP contribution in [0.3, 0.4) is 0 Å². The summed E-state index contributed by atoms with van der Waals surface area (Å²) in [7, 11) is -1.63. The Hall–Kier alpha value is -0.543. The molecule has 102 valence electrons. The maximum atomic E-state index is 6.52. The first-order chi connectivity index (χ1) is 8.29. The van der Waals surface area contributed by atoms with E-state index in [0.29, 0.717) is 11.1 Å². The van der Waals surface area contributed by atoms with Gasteiger partial charge in [-0.3, -0.25) is 0 Å². The number of hydrogen-bond acceptors (Lipinski definition) is 2. The SMILES string of the molecule is CC(C)(C)[Si](C)(C)O[C@H]1CCC2=C(C=COC2)C1. The number of rotatable bonds is 2. The minimum Gasteiger partial charge on any atom is -0.497 e. The van der Waals surface area contributed by atoms with E-state index in [2.05, 4.69) is 39.9 Å². The van der Waals surface area contributed by atoms with Crippen LogP contribution in [0.1, 0.15) is 40.0 Å². The molecule has 2 rings (SSSR count). The van der Waals surface area contributed by atoms with Gasteiger partial charge in [0.15, 0.2) is 8.32 Å². The molecule has 2 nitrogen and oxygen atoms in total. The number of allylic oxidation sites excluding steroid dienone is 1. The van der Waals surface area contributed by atoms with Gasteiger partial charge in [0.25, 0.3) is 0 Å². The van der Waals surface area contributed by atoms with Crippen molar-refractivity contribution in [3.05, 3.63) is 23.5 Å². The highest BCUT2D eigenvalue weighted by molar-refractivity contribution is 6.74. The van der Waals surface area contributed by atoms with Gasteiger partial charge < -0.3 is 9.16 Å². The fourth-order valence-electron chi connectivity index (χ4n) is 2.31. The molecule has 0 radical (unpaired) electrons. The fourth-order valence-corrected chi connectivity index (χ4v) is 3.70. The molecule has 0 N–H and O–H groups in total. The first-order valence-electron chi connectivity index (χ1n) is 6.96. The molecule has 1 heterocycles. The van der Waals surface area contributed by atoms with Crippen LogP contribution in [-0.4, -0.2) is 21.0 Å². The van der Waals surface area contributed by atoms with Crippen LogP contribution in [0.4, 0.5) is 0 Å². The molecule has 0 aromatic carbocycles. The fraction of sp³-hybridized carbons (Fsp3) is 0.733. The summed E-state index contributed by atoms with van der Waals surface area (Å²) in [6.07, 6.45) is 7.73. The zero-order valence-electron chi connectivity index (χ0n) is 12.4. The van der Waals surface area contributed by atoms with E-state index in [1.54, 1.807) is 0 Å². The Morgan fingerprint density at radius 2 is 2.06 bits per heavy atom. The third-order valence-corrected chi connectivity index (χ3v) is 9.10. The van der Waals surface area contributed by atoms with E-state index in [1.807, 2.05) is 6.26 Å². The van der Waals surface area contributed by atoms with Gasteiger partial charge >= 0.3 is 0 Å². The van der Waals surface area contributed by atoms with Gasteiger partial charge in [0, 0.05) is 6.10 Å². The summed E-state index contributed by atoms with van der Waals surface area (Å²) < 4.78 is 11.9. The van der Waals surface area contributed by atoms with Gasteiger partial charge in [0.05, 0.1) is 6.26 Å². The molecule has 0 bridgehead atoms. The maximum absolute atomic E-state index is 6.52. The molecule has 0 unspecified atom stereocenters. The van der Waals surface area contributed by atoms with Gasteiger partial charge in [-0.25, -0.2) is 0 Å². The first kappa shape index (κ1) is 13.9. The lowest BCUT2D eigenvalue weighted by Crippen LogP contribution is -2.44. The van der Waals surface area contributed by atoms with E-state index < -0.39 is 8.32 Å². The first-order valence-corrected chi connectivity index (χ1v) is 9.87. The lowest BCUT2D eigenvalue weighted by molar-refractivity contribution is 0.159. The second-order valence-corrected chi connectivity index (χ2v) is 11.7. The quantitative estimate of drug-likeness (QED) is 0.690. The molecule has 3 heteroatoms. The van der Waals surface area contributed by atoms with Crippen molar-refractivity contribution in [2.75, 3.05) is 6.61 Å². The average molecular weight is 266 g/mol. The molecule has 0 saturated heterocycles. The van der Waals surface area contributed by atoms with E-state index in [9.17, 15) is 0 Å². The number of hydrogen-bond donors (Lipinski definition) is 0. The zero-order valence-corrected chi connectivity index (χ0v) is 13.4. The highest BCUT2D eigenvalue weighted by Gasteiger charge is 2.39. The molecule has 1 aliphatic heterocycles. The predicted molar refractivity (Wildman–Crippen MR) is 78.0 cm³/mol. The predicted octanol–water partition coefficient (Wildman–Crippen LogP) is 4.40. The normalized spacial score (nSPS) is 24.8. The van der Waals surface area contributed by atoms with Crippen molar-refractivity contribution < 1.29 is 9.16 Å². The highest BCUT2D eigenvalue weighted by Crippen LogP contribution is 2.40. The molecule has 0 spiro atoms. The van der Waals surface area contributed by atoms with Crippen LogP contribution >= 0.6 is 0 Å². The van der Waals surface area contributed by atoms with Gasteiger partial charge in [0.2, 0.25) is 0 Å². The summed E-state index contributed by atoms with van der Waals surface area (Å²) in [4.78, 5) is 0. The third kappa shape index (κ3) is 2.89. The van der Waals surface area contributed by atoms with Gasteiger partial charge in [-0.15, -0.1) is 0 Å². The monoisotopic (exact) mass is 266 g/mol. The van der Waals surface area contributed by atoms with Crippen molar-refractivity contribution >= 4 is 8.32 Å². The van der Waals surface area contributed by atoms with Crippen LogP contribution < -0.4 is 0 Å². The van der Waals surface area contributed by atoms with Crippen molar-refractivity contribution in [1.29, 1.82) is 0 Å². The van der Waals surface area contributed by atoms with Crippen molar-refractivity contribution in [2.24, 2.45) is 0 Å². The van der Waals surface area contributed by atoms with Gasteiger partial charge in [-0.05, 0) is 54.6 Å².